The molecule has 124 valence electrons. The van der Waals surface area contributed by atoms with Crippen LogP contribution < -0.4 is 4.90 Å². The topological polar surface area (TPSA) is 66.8 Å². The van der Waals surface area contributed by atoms with Crippen LogP contribution >= 0.6 is 23.4 Å². The van der Waals surface area contributed by atoms with Crippen molar-refractivity contribution < 1.29 is 13.2 Å². The van der Waals surface area contributed by atoms with Crippen LogP contribution in [0.5, 0.6) is 0 Å². The maximum Gasteiger partial charge on any atom is 0.262 e. The van der Waals surface area contributed by atoms with Crippen LogP contribution in [0.1, 0.15) is 11.1 Å². The van der Waals surface area contributed by atoms with Gasteiger partial charge >= 0.3 is 0 Å². The fourth-order valence-corrected chi connectivity index (χ4v) is 7.08. The molecule has 23 heavy (non-hydrogen) atoms. The zero-order chi connectivity index (χ0) is 16.8. The summed E-state index contributed by atoms with van der Waals surface area (Å²) in [6.07, 6.45) is 0. The molecular weight excluding hydrogens is 356 g/mol. The summed E-state index contributed by atoms with van der Waals surface area (Å²) in [7, 11) is -3.05. The van der Waals surface area contributed by atoms with Crippen LogP contribution in [0.2, 0.25) is 0 Å². The Balaban J connectivity index is 2.06. The predicted molar refractivity (Wildman–Crippen MR) is 95.4 cm³/mol. The van der Waals surface area contributed by atoms with Gasteiger partial charge in [-0.3, -0.25) is 4.79 Å². The van der Waals surface area contributed by atoms with Crippen LogP contribution in [-0.2, 0) is 14.6 Å². The second-order valence-corrected chi connectivity index (χ2v) is 9.57. The third-order valence-corrected chi connectivity index (χ3v) is 7.32. The highest BCUT2D eigenvalue weighted by Crippen LogP contribution is 2.41. The molecular formula is C15H17ClN2O3S2. The van der Waals surface area contributed by atoms with Crippen LogP contribution in [0.15, 0.2) is 23.2 Å². The number of fused-ring (bicyclic) bond motifs is 1. The molecule has 0 N–H and O–H groups in total. The van der Waals surface area contributed by atoms with E-state index in [0.717, 1.165) is 16.8 Å². The molecule has 5 nitrogen and oxygen atoms in total. The average Bonchev–Trinajstić information content (AvgIpc) is 2.88. The van der Waals surface area contributed by atoms with Crippen molar-refractivity contribution in [3.8, 4) is 0 Å². The minimum atomic E-state index is -3.05. The van der Waals surface area contributed by atoms with Crippen molar-refractivity contribution in [3.63, 3.8) is 0 Å². The van der Waals surface area contributed by atoms with Gasteiger partial charge in [0.15, 0.2) is 15.0 Å². The number of hydrogen-bond donors (Lipinski definition) is 0. The Morgan fingerprint density at radius 2 is 1.96 bits per heavy atom. The Morgan fingerprint density at radius 3 is 2.57 bits per heavy atom. The fraction of sp³-hybridized carbons (Fsp3) is 0.467. The smallest absolute Gasteiger partial charge is 0.262 e. The second kappa shape index (κ2) is 6.11. The SMILES string of the molecule is Cc1cc(C)cc(N2C(=NC(=O)CCl)S[C@H]3CS(=O)(=O)C[C@H]32)c1. The van der Waals surface area contributed by atoms with Gasteiger partial charge in [-0.05, 0) is 37.1 Å². The van der Waals surface area contributed by atoms with Gasteiger partial charge in [0, 0.05) is 10.9 Å². The third-order valence-electron chi connectivity index (χ3n) is 3.89. The summed E-state index contributed by atoms with van der Waals surface area (Å²) >= 11 is 6.92. The molecule has 2 aliphatic heterocycles. The number of hydrogen-bond acceptors (Lipinski definition) is 4. The van der Waals surface area contributed by atoms with Gasteiger partial charge in [0.25, 0.3) is 5.91 Å². The molecule has 2 atom stereocenters. The molecule has 2 fully saturated rings. The number of carbonyl (C=O) groups excluding carboxylic acids is 1. The van der Waals surface area contributed by atoms with Gasteiger partial charge in [-0.2, -0.15) is 4.99 Å². The lowest BCUT2D eigenvalue weighted by Gasteiger charge is -2.25. The van der Waals surface area contributed by atoms with E-state index in [2.05, 4.69) is 11.1 Å². The maximum atomic E-state index is 12.0. The van der Waals surface area contributed by atoms with Crippen molar-refractivity contribution in [2.45, 2.75) is 25.1 Å². The minimum absolute atomic E-state index is 0.0890. The number of benzene rings is 1. The molecule has 0 unspecified atom stereocenters. The Hall–Kier alpha value is -1.05. The Morgan fingerprint density at radius 1 is 1.30 bits per heavy atom. The summed E-state index contributed by atoms with van der Waals surface area (Å²) < 4.78 is 23.9. The number of thioether (sulfide) groups is 1. The lowest BCUT2D eigenvalue weighted by molar-refractivity contribution is -0.115. The predicted octanol–water partition coefficient (Wildman–Crippen LogP) is 2.14. The van der Waals surface area contributed by atoms with Crippen molar-refractivity contribution in [2.24, 2.45) is 4.99 Å². The molecule has 0 aromatic heterocycles. The quantitative estimate of drug-likeness (QED) is 0.744. The molecule has 0 saturated carbocycles. The number of amides is 1. The van der Waals surface area contributed by atoms with Gasteiger partial charge in [0.1, 0.15) is 5.88 Å². The fourth-order valence-electron chi connectivity index (χ4n) is 3.09. The molecule has 0 bridgehead atoms. The van der Waals surface area contributed by atoms with Gasteiger partial charge in [-0.25, -0.2) is 8.42 Å². The van der Waals surface area contributed by atoms with Gasteiger partial charge in [-0.15, -0.1) is 11.6 Å². The van der Waals surface area contributed by atoms with E-state index in [1.807, 2.05) is 30.9 Å². The number of sulfone groups is 1. The van der Waals surface area contributed by atoms with E-state index in [1.165, 1.54) is 11.8 Å². The average molecular weight is 373 g/mol. The van der Waals surface area contributed by atoms with Crippen LogP contribution in [0.3, 0.4) is 0 Å². The summed E-state index contributed by atoms with van der Waals surface area (Å²) in [5, 5.41) is 0.452. The van der Waals surface area contributed by atoms with Gasteiger partial charge in [-0.1, -0.05) is 17.8 Å². The summed E-state index contributed by atoms with van der Waals surface area (Å²) in [4.78, 5) is 17.6. The van der Waals surface area contributed by atoms with E-state index in [1.54, 1.807) is 0 Å². The van der Waals surface area contributed by atoms with Gasteiger partial charge in [0.2, 0.25) is 0 Å². The van der Waals surface area contributed by atoms with Crippen LogP contribution in [0, 0.1) is 13.8 Å². The number of alkyl halides is 1. The van der Waals surface area contributed by atoms with E-state index in [0.29, 0.717) is 5.17 Å². The van der Waals surface area contributed by atoms with Gasteiger partial charge < -0.3 is 4.90 Å². The van der Waals surface area contributed by atoms with Crippen molar-refractivity contribution >= 4 is 50.0 Å². The number of amidine groups is 1. The lowest BCUT2D eigenvalue weighted by Crippen LogP contribution is -2.37. The minimum Gasteiger partial charge on any atom is -0.316 e. The molecule has 0 radical (unpaired) electrons. The molecule has 0 spiro atoms. The Labute approximate surface area is 145 Å². The summed E-state index contributed by atoms with van der Waals surface area (Å²) in [6.45, 7) is 3.98. The normalized spacial score (nSPS) is 27.4. The first-order valence-electron chi connectivity index (χ1n) is 7.21. The van der Waals surface area contributed by atoms with E-state index in [9.17, 15) is 13.2 Å². The zero-order valence-electron chi connectivity index (χ0n) is 12.8. The first-order chi connectivity index (χ1) is 10.8. The molecule has 1 aromatic rings. The molecule has 0 aliphatic carbocycles. The highest BCUT2D eigenvalue weighted by molar-refractivity contribution is 8.16. The summed E-state index contributed by atoms with van der Waals surface area (Å²) in [6, 6.07) is 5.84. The number of carbonyl (C=O) groups is 1. The third kappa shape index (κ3) is 3.41. The molecule has 1 amide bonds. The molecule has 2 saturated heterocycles. The van der Waals surface area contributed by atoms with Crippen molar-refractivity contribution in [1.82, 2.24) is 0 Å². The zero-order valence-corrected chi connectivity index (χ0v) is 15.2. The number of rotatable bonds is 2. The van der Waals surface area contributed by atoms with E-state index in [-0.39, 0.29) is 28.7 Å². The largest absolute Gasteiger partial charge is 0.316 e. The number of halogens is 1. The number of nitrogens with zero attached hydrogens (tertiary/aromatic N) is 2. The number of aliphatic imine (C=N–C) groups is 1. The summed E-state index contributed by atoms with van der Waals surface area (Å²) in [5.41, 5.74) is 3.04. The molecule has 3 rings (SSSR count). The highest BCUT2D eigenvalue weighted by Gasteiger charge is 2.49. The number of aryl methyl sites for hydroxylation is 2. The van der Waals surface area contributed by atoms with E-state index < -0.39 is 15.7 Å². The molecule has 2 heterocycles. The molecule has 2 aliphatic rings. The van der Waals surface area contributed by atoms with E-state index >= 15 is 0 Å². The molecule has 8 heteroatoms. The lowest BCUT2D eigenvalue weighted by atomic mass is 10.1. The first-order valence-corrected chi connectivity index (χ1v) is 10.4. The van der Waals surface area contributed by atoms with Crippen LogP contribution in [-0.4, -0.2) is 48.2 Å². The molecule has 1 aromatic carbocycles. The van der Waals surface area contributed by atoms with Crippen molar-refractivity contribution in [1.29, 1.82) is 0 Å². The van der Waals surface area contributed by atoms with Crippen LogP contribution in [0.4, 0.5) is 5.69 Å². The van der Waals surface area contributed by atoms with Crippen molar-refractivity contribution in [2.75, 3.05) is 22.3 Å². The van der Waals surface area contributed by atoms with E-state index in [4.69, 9.17) is 11.6 Å². The maximum absolute atomic E-state index is 12.0. The Bertz CT molecular complexity index is 772. The first kappa shape index (κ1) is 16.8. The Kier molecular flexibility index (Phi) is 4.46. The second-order valence-electron chi connectivity index (χ2n) is 5.94. The van der Waals surface area contributed by atoms with Crippen LogP contribution in [0.25, 0.3) is 0 Å². The van der Waals surface area contributed by atoms with Crippen molar-refractivity contribution in [3.05, 3.63) is 29.3 Å². The standard InChI is InChI=1S/C15H17ClN2O3S2/c1-9-3-10(2)5-11(4-9)18-12-7-23(20,21)8-13(12)22-15(18)17-14(19)6-16/h3-5,12-13H,6-8H2,1-2H3/t12-,13+/m1/s1. The monoisotopic (exact) mass is 372 g/mol. The highest BCUT2D eigenvalue weighted by atomic mass is 35.5. The van der Waals surface area contributed by atoms with Gasteiger partial charge in [0.05, 0.1) is 17.5 Å². The number of anilines is 1. The summed E-state index contributed by atoms with van der Waals surface area (Å²) in [5.74, 6) is -0.381.